The minimum atomic E-state index is -2.18. The van der Waals surface area contributed by atoms with Crippen LogP contribution in [0.25, 0.3) is 0 Å². The van der Waals surface area contributed by atoms with Crippen LogP contribution in [0.1, 0.15) is 6.42 Å². The molecule has 0 heterocycles. The van der Waals surface area contributed by atoms with E-state index >= 15 is 0 Å². The predicted octanol–water partition coefficient (Wildman–Crippen LogP) is 4.07. The molecule has 0 aliphatic rings. The summed E-state index contributed by atoms with van der Waals surface area (Å²) in [6.45, 7) is -0.263. The number of alkyl halides is 1. The average molecular weight is 324 g/mol. The van der Waals surface area contributed by atoms with Gasteiger partial charge < -0.3 is 0 Å². The first-order valence-electron chi connectivity index (χ1n) is 8.10. The summed E-state index contributed by atoms with van der Waals surface area (Å²) >= 11 is 0. The summed E-state index contributed by atoms with van der Waals surface area (Å²) in [6, 6.07) is 32.0. The van der Waals surface area contributed by atoms with Gasteiger partial charge in [0.2, 0.25) is 0 Å². The fourth-order valence-corrected chi connectivity index (χ4v) is 8.25. The fourth-order valence-electron chi connectivity index (χ4n) is 3.43. The third-order valence-corrected chi connectivity index (χ3v) is 9.55. The van der Waals surface area contributed by atoms with Crippen molar-refractivity contribution in [2.24, 2.45) is 0 Å². The predicted molar refractivity (Wildman–Crippen MR) is 102 cm³/mol. The molecule has 0 bridgehead atoms. The Hall–Kier alpha value is -1.98. The maximum atomic E-state index is 13.1. The molecule has 0 spiro atoms. The summed E-state index contributed by atoms with van der Waals surface area (Å²) in [5, 5.41) is 4.06. The van der Waals surface area contributed by atoms with Crippen molar-refractivity contribution >= 4 is 23.2 Å². The Bertz CT molecular complexity index is 614. The van der Waals surface area contributed by atoms with Crippen LogP contribution < -0.4 is 15.9 Å². The maximum absolute atomic E-state index is 13.1. The molecule has 0 N–H and O–H groups in total. The molecule has 0 aliphatic carbocycles. The van der Waals surface area contributed by atoms with Gasteiger partial charge in [0.15, 0.2) is 0 Å². The second-order valence-corrected chi connectivity index (χ2v) is 9.84. The molecule has 2 heteroatoms. The number of rotatable bonds is 6. The molecule has 0 saturated carbocycles. The average Bonchev–Trinajstić information content (AvgIpc) is 2.65. The fraction of sp³-hybridized carbons (Fsp3) is 0.143. The van der Waals surface area contributed by atoms with Gasteiger partial charge in [-0.1, -0.05) is 0 Å². The Kier molecular flexibility index (Phi) is 5.20. The molecule has 0 nitrogen and oxygen atoms in total. The van der Waals surface area contributed by atoms with Crippen LogP contribution in [0.5, 0.6) is 0 Å². The summed E-state index contributed by atoms with van der Waals surface area (Å²) in [7, 11) is -2.18. The molecule has 23 heavy (non-hydrogen) atoms. The van der Waals surface area contributed by atoms with E-state index in [2.05, 4.69) is 72.8 Å². The molecule has 3 aromatic rings. The topological polar surface area (TPSA) is 0 Å². The first kappa shape index (κ1) is 15.9. The molecule has 0 unspecified atom stereocenters. The molecule has 118 valence electrons. The van der Waals surface area contributed by atoms with E-state index in [9.17, 15) is 4.39 Å². The van der Waals surface area contributed by atoms with Crippen molar-refractivity contribution in [3.05, 3.63) is 91.0 Å². The van der Waals surface area contributed by atoms with Crippen molar-refractivity contribution in [1.29, 1.82) is 0 Å². The molecule has 3 rings (SSSR count). The molecule has 0 atom stereocenters. The van der Waals surface area contributed by atoms with Crippen LogP contribution in [0.15, 0.2) is 91.0 Å². The SMILES string of the molecule is FCCC[PH](c1ccccc1)(c1ccccc1)c1ccccc1. The van der Waals surface area contributed by atoms with Gasteiger partial charge in [0.05, 0.1) is 0 Å². The molecule has 0 aliphatic heterocycles. The van der Waals surface area contributed by atoms with Gasteiger partial charge >= 0.3 is 138 Å². The van der Waals surface area contributed by atoms with Gasteiger partial charge in [-0.2, -0.15) is 0 Å². The summed E-state index contributed by atoms with van der Waals surface area (Å²) in [6.07, 6.45) is 1.49. The third kappa shape index (κ3) is 3.21. The van der Waals surface area contributed by atoms with Gasteiger partial charge in [-0.15, -0.1) is 0 Å². The second-order valence-electron chi connectivity index (χ2n) is 5.80. The quantitative estimate of drug-likeness (QED) is 0.600. The van der Waals surface area contributed by atoms with E-state index in [1.807, 2.05) is 18.2 Å². The summed E-state index contributed by atoms with van der Waals surface area (Å²) in [5.74, 6) is 0. The Morgan fingerprint density at radius 2 is 0.913 bits per heavy atom. The van der Waals surface area contributed by atoms with Gasteiger partial charge in [-0.3, -0.25) is 0 Å². The molecule has 3 aromatic carbocycles. The summed E-state index contributed by atoms with van der Waals surface area (Å²) in [5.41, 5.74) is 0. The number of halogens is 1. The van der Waals surface area contributed by atoms with Gasteiger partial charge in [0, 0.05) is 0 Å². The van der Waals surface area contributed by atoms with Crippen LogP contribution >= 0.6 is 7.26 Å². The van der Waals surface area contributed by atoms with Crippen LogP contribution in [0.2, 0.25) is 0 Å². The zero-order valence-electron chi connectivity index (χ0n) is 13.2. The van der Waals surface area contributed by atoms with E-state index in [1.165, 1.54) is 15.9 Å². The summed E-state index contributed by atoms with van der Waals surface area (Å²) < 4.78 is 13.1. The second kappa shape index (κ2) is 7.53. The van der Waals surface area contributed by atoms with Crippen LogP contribution in [-0.2, 0) is 0 Å². The normalized spacial score (nSPS) is 12.0. The van der Waals surface area contributed by atoms with Crippen molar-refractivity contribution in [2.75, 3.05) is 12.8 Å². The van der Waals surface area contributed by atoms with Crippen molar-refractivity contribution in [2.45, 2.75) is 6.42 Å². The van der Waals surface area contributed by atoms with E-state index in [0.29, 0.717) is 6.42 Å². The zero-order valence-corrected chi connectivity index (χ0v) is 14.2. The first-order valence-corrected chi connectivity index (χ1v) is 10.3. The molecule has 0 amide bonds. The number of hydrogen-bond acceptors (Lipinski definition) is 0. The Balaban J connectivity index is 2.25. The monoisotopic (exact) mass is 324 g/mol. The Labute approximate surface area is 138 Å². The first-order chi connectivity index (χ1) is 11.4. The van der Waals surface area contributed by atoms with Crippen LogP contribution in [0.3, 0.4) is 0 Å². The number of hydrogen-bond donors (Lipinski definition) is 0. The Morgan fingerprint density at radius 1 is 0.565 bits per heavy atom. The molecule has 0 saturated heterocycles. The van der Waals surface area contributed by atoms with Crippen molar-refractivity contribution in [3.8, 4) is 0 Å². The number of benzene rings is 3. The molecular weight excluding hydrogens is 302 g/mol. The van der Waals surface area contributed by atoms with Gasteiger partial charge in [-0.05, 0) is 0 Å². The van der Waals surface area contributed by atoms with Crippen LogP contribution in [0.4, 0.5) is 4.39 Å². The van der Waals surface area contributed by atoms with Crippen molar-refractivity contribution in [1.82, 2.24) is 0 Å². The van der Waals surface area contributed by atoms with Crippen LogP contribution in [0, 0.1) is 0 Å². The van der Waals surface area contributed by atoms with E-state index in [-0.39, 0.29) is 6.67 Å². The van der Waals surface area contributed by atoms with Crippen molar-refractivity contribution in [3.63, 3.8) is 0 Å². The summed E-state index contributed by atoms with van der Waals surface area (Å²) in [4.78, 5) is 0. The molecule has 0 aromatic heterocycles. The zero-order chi connectivity index (χ0) is 16.0. The van der Waals surface area contributed by atoms with Gasteiger partial charge in [-0.25, -0.2) is 0 Å². The standard InChI is InChI=1S/C21H22FP/c22-17-10-18-23(19-11-4-1-5-12-19,20-13-6-2-7-14-20)21-15-8-3-9-16-21/h1-9,11-16,23H,10,17-18H2. The van der Waals surface area contributed by atoms with E-state index in [4.69, 9.17) is 0 Å². The van der Waals surface area contributed by atoms with Gasteiger partial charge in [0.25, 0.3) is 0 Å². The van der Waals surface area contributed by atoms with Crippen LogP contribution in [-0.4, -0.2) is 12.8 Å². The van der Waals surface area contributed by atoms with E-state index in [0.717, 1.165) is 6.16 Å². The van der Waals surface area contributed by atoms with Gasteiger partial charge in [0.1, 0.15) is 0 Å². The van der Waals surface area contributed by atoms with Crippen molar-refractivity contribution < 1.29 is 4.39 Å². The molecular formula is C21H22FP. The third-order valence-electron chi connectivity index (χ3n) is 4.49. The Morgan fingerprint density at radius 3 is 1.22 bits per heavy atom. The van der Waals surface area contributed by atoms with E-state index in [1.54, 1.807) is 0 Å². The van der Waals surface area contributed by atoms with E-state index < -0.39 is 7.26 Å². The molecule has 0 fully saturated rings. The molecule has 0 radical (unpaired) electrons. The minimum absolute atomic E-state index is 0.263.